The highest BCUT2D eigenvalue weighted by Crippen LogP contribution is 2.26. The second-order valence-electron chi connectivity index (χ2n) is 7.50. The van der Waals surface area contributed by atoms with Crippen LogP contribution in [-0.2, 0) is 9.59 Å². The van der Waals surface area contributed by atoms with E-state index in [2.05, 4.69) is 36.3 Å². The first-order valence-corrected chi connectivity index (χ1v) is 9.60. The lowest BCUT2D eigenvalue weighted by Crippen LogP contribution is -2.50. The van der Waals surface area contributed by atoms with E-state index in [1.165, 1.54) is 0 Å². The largest absolute Gasteiger partial charge is 0.353 e. The van der Waals surface area contributed by atoms with Crippen LogP contribution in [0.3, 0.4) is 0 Å². The number of carbonyl (C=O) groups excluding carboxylic acids is 2. The predicted octanol–water partition coefficient (Wildman–Crippen LogP) is 0.346. The Balaban J connectivity index is 1.77. The van der Waals surface area contributed by atoms with Crippen LogP contribution in [0, 0.1) is 5.41 Å². The molecule has 2 fully saturated rings. The lowest BCUT2D eigenvalue weighted by molar-refractivity contribution is -0.139. The summed E-state index contributed by atoms with van der Waals surface area (Å²) < 4.78 is 0. The van der Waals surface area contributed by atoms with Crippen molar-refractivity contribution in [2.45, 2.75) is 33.2 Å². The Morgan fingerprint density at radius 3 is 2.61 bits per heavy atom. The van der Waals surface area contributed by atoms with Crippen LogP contribution in [0.1, 0.15) is 27.2 Å². The number of piperazine rings is 1. The summed E-state index contributed by atoms with van der Waals surface area (Å²) in [5, 5.41) is 6.33. The Morgan fingerprint density at radius 1 is 1.26 bits per heavy atom. The van der Waals surface area contributed by atoms with Gasteiger partial charge in [0.15, 0.2) is 0 Å². The molecule has 1 unspecified atom stereocenters. The molecule has 0 aromatic rings. The molecule has 0 saturated carbocycles. The van der Waals surface area contributed by atoms with Gasteiger partial charge >= 0.3 is 0 Å². The maximum Gasteiger partial charge on any atom is 0.243 e. The van der Waals surface area contributed by atoms with Crippen LogP contribution in [-0.4, -0.2) is 78.6 Å². The average molecular weight is 343 g/mol. The number of thioether (sulfide) groups is 1. The molecule has 7 heteroatoms. The quantitative estimate of drug-likeness (QED) is 0.755. The fourth-order valence-electron chi connectivity index (χ4n) is 2.85. The zero-order chi connectivity index (χ0) is 16.9. The average Bonchev–Trinajstić information content (AvgIpc) is 2.96. The molecule has 2 rings (SSSR count). The van der Waals surface area contributed by atoms with Gasteiger partial charge in [0.2, 0.25) is 11.8 Å². The van der Waals surface area contributed by atoms with E-state index in [1.54, 1.807) is 16.7 Å². The van der Waals surface area contributed by atoms with E-state index in [0.717, 1.165) is 32.7 Å². The first-order valence-electron chi connectivity index (χ1n) is 8.45. The molecular formula is C16H30N4O2S. The summed E-state index contributed by atoms with van der Waals surface area (Å²) in [4.78, 5) is 28.9. The third-order valence-electron chi connectivity index (χ3n) is 4.12. The number of carbonyl (C=O) groups is 2. The minimum Gasteiger partial charge on any atom is -0.353 e. The van der Waals surface area contributed by atoms with Gasteiger partial charge in [-0.3, -0.25) is 14.5 Å². The number of amides is 2. The van der Waals surface area contributed by atoms with Crippen LogP contribution in [0.4, 0.5) is 0 Å². The van der Waals surface area contributed by atoms with E-state index in [0.29, 0.717) is 24.6 Å². The molecule has 2 N–H and O–H groups in total. The van der Waals surface area contributed by atoms with Gasteiger partial charge in [-0.05, 0) is 5.41 Å². The molecule has 2 aliphatic rings. The van der Waals surface area contributed by atoms with Crippen LogP contribution >= 0.6 is 11.8 Å². The first-order chi connectivity index (χ1) is 10.9. The minimum atomic E-state index is -0.308. The molecule has 132 valence electrons. The Kier molecular flexibility index (Phi) is 6.73. The zero-order valence-electron chi connectivity index (χ0n) is 14.6. The highest BCUT2D eigenvalue weighted by Gasteiger charge is 2.35. The molecule has 0 bridgehead atoms. The van der Waals surface area contributed by atoms with Crippen LogP contribution in [0.5, 0.6) is 0 Å². The van der Waals surface area contributed by atoms with Gasteiger partial charge in [0.1, 0.15) is 6.04 Å². The Hall–Kier alpha value is -0.790. The molecule has 0 aromatic heterocycles. The van der Waals surface area contributed by atoms with E-state index in [4.69, 9.17) is 0 Å². The van der Waals surface area contributed by atoms with Crippen LogP contribution < -0.4 is 10.6 Å². The Bertz CT molecular complexity index is 419. The molecule has 0 radical (unpaired) electrons. The van der Waals surface area contributed by atoms with E-state index >= 15 is 0 Å². The van der Waals surface area contributed by atoms with Crippen LogP contribution in [0.15, 0.2) is 0 Å². The molecule has 0 aliphatic carbocycles. The molecule has 23 heavy (non-hydrogen) atoms. The monoisotopic (exact) mass is 342 g/mol. The summed E-state index contributed by atoms with van der Waals surface area (Å²) in [6, 6.07) is -0.308. The highest BCUT2D eigenvalue weighted by molar-refractivity contribution is 7.99. The smallest absolute Gasteiger partial charge is 0.243 e. The van der Waals surface area contributed by atoms with Gasteiger partial charge in [-0.1, -0.05) is 20.8 Å². The Labute approximate surface area is 143 Å². The predicted molar refractivity (Wildman–Crippen MR) is 94.4 cm³/mol. The third kappa shape index (κ3) is 5.97. The molecule has 2 saturated heterocycles. The van der Waals surface area contributed by atoms with Gasteiger partial charge in [-0.2, -0.15) is 0 Å². The fraction of sp³-hybridized carbons (Fsp3) is 0.875. The zero-order valence-corrected chi connectivity index (χ0v) is 15.4. The van der Waals surface area contributed by atoms with Crippen molar-refractivity contribution >= 4 is 23.6 Å². The second kappa shape index (κ2) is 8.35. The van der Waals surface area contributed by atoms with Crippen molar-refractivity contribution in [3.8, 4) is 0 Å². The summed E-state index contributed by atoms with van der Waals surface area (Å²) in [7, 11) is 0. The molecule has 2 amide bonds. The van der Waals surface area contributed by atoms with Crippen LogP contribution in [0.2, 0.25) is 0 Å². The van der Waals surface area contributed by atoms with Crippen molar-refractivity contribution in [2.75, 3.05) is 50.9 Å². The van der Waals surface area contributed by atoms with Crippen molar-refractivity contribution in [3.05, 3.63) is 0 Å². The van der Waals surface area contributed by atoms with Crippen molar-refractivity contribution in [2.24, 2.45) is 5.41 Å². The molecule has 1 atom stereocenters. The highest BCUT2D eigenvalue weighted by atomic mass is 32.2. The maximum absolute atomic E-state index is 12.4. The van der Waals surface area contributed by atoms with E-state index in [9.17, 15) is 9.59 Å². The SMILES string of the molecule is CC(C)(C)CC(=O)N1CSCC1C(=O)NCCN1CCNCC1. The molecule has 2 heterocycles. The lowest BCUT2D eigenvalue weighted by atomic mass is 9.91. The van der Waals surface area contributed by atoms with E-state index in [-0.39, 0.29) is 23.3 Å². The molecule has 0 aromatic carbocycles. The summed E-state index contributed by atoms with van der Waals surface area (Å²) in [5.41, 5.74) is -0.0480. The van der Waals surface area contributed by atoms with E-state index in [1.807, 2.05) is 0 Å². The maximum atomic E-state index is 12.4. The van der Waals surface area contributed by atoms with Crippen molar-refractivity contribution in [3.63, 3.8) is 0 Å². The summed E-state index contributed by atoms with van der Waals surface area (Å²) in [6.07, 6.45) is 0.484. The van der Waals surface area contributed by atoms with Crippen molar-refractivity contribution < 1.29 is 9.59 Å². The van der Waals surface area contributed by atoms with Gasteiger partial charge < -0.3 is 15.5 Å². The number of rotatable bonds is 5. The summed E-state index contributed by atoms with van der Waals surface area (Å²) in [5.74, 6) is 1.41. The fourth-order valence-corrected chi connectivity index (χ4v) is 4.03. The van der Waals surface area contributed by atoms with Gasteiger partial charge in [0, 0.05) is 51.4 Å². The minimum absolute atomic E-state index is 0.00704. The standard InChI is InChI=1S/C16H30N4O2S/c1-16(2,3)10-14(21)20-12-23-11-13(20)15(22)18-6-9-19-7-4-17-5-8-19/h13,17H,4-12H2,1-3H3,(H,18,22). The molecular weight excluding hydrogens is 312 g/mol. The molecule has 6 nitrogen and oxygen atoms in total. The normalized spacial score (nSPS) is 23.1. The summed E-state index contributed by atoms with van der Waals surface area (Å²) >= 11 is 1.66. The Morgan fingerprint density at radius 2 is 1.96 bits per heavy atom. The number of nitrogens with one attached hydrogen (secondary N) is 2. The van der Waals surface area contributed by atoms with Gasteiger partial charge in [0.05, 0.1) is 5.88 Å². The second-order valence-corrected chi connectivity index (χ2v) is 8.50. The summed E-state index contributed by atoms with van der Waals surface area (Å²) in [6.45, 7) is 11.8. The van der Waals surface area contributed by atoms with Gasteiger partial charge in [-0.25, -0.2) is 0 Å². The number of hydrogen-bond acceptors (Lipinski definition) is 5. The number of hydrogen-bond donors (Lipinski definition) is 2. The van der Waals surface area contributed by atoms with Crippen LogP contribution in [0.25, 0.3) is 0 Å². The topological polar surface area (TPSA) is 64.7 Å². The van der Waals surface area contributed by atoms with Gasteiger partial charge in [0.25, 0.3) is 0 Å². The van der Waals surface area contributed by atoms with E-state index < -0.39 is 0 Å². The number of nitrogens with zero attached hydrogens (tertiary/aromatic N) is 2. The van der Waals surface area contributed by atoms with Crippen molar-refractivity contribution in [1.82, 2.24) is 20.4 Å². The molecule has 0 spiro atoms. The lowest BCUT2D eigenvalue weighted by Gasteiger charge is -2.28. The molecule has 2 aliphatic heterocycles. The third-order valence-corrected chi connectivity index (χ3v) is 5.14. The van der Waals surface area contributed by atoms with Crippen molar-refractivity contribution in [1.29, 1.82) is 0 Å². The van der Waals surface area contributed by atoms with Gasteiger partial charge in [-0.15, -0.1) is 11.8 Å². The first kappa shape index (κ1) is 18.5.